The van der Waals surface area contributed by atoms with Gasteiger partial charge in [0.25, 0.3) is 0 Å². The van der Waals surface area contributed by atoms with E-state index in [-0.39, 0.29) is 16.2 Å². The van der Waals surface area contributed by atoms with Gasteiger partial charge in [-0.2, -0.15) is 0 Å². The molecule has 0 aliphatic heterocycles. The van der Waals surface area contributed by atoms with Crippen molar-refractivity contribution in [1.29, 1.82) is 0 Å². The van der Waals surface area contributed by atoms with Gasteiger partial charge in [-0.25, -0.2) is 0 Å². The van der Waals surface area contributed by atoms with Crippen LogP contribution in [-0.4, -0.2) is 0 Å². The van der Waals surface area contributed by atoms with Crippen molar-refractivity contribution in [2.24, 2.45) is 5.41 Å². The molecule has 5 aromatic rings. The lowest BCUT2D eigenvalue weighted by molar-refractivity contribution is 0.625. The lowest BCUT2D eigenvalue weighted by Gasteiger charge is -2.30. The van der Waals surface area contributed by atoms with Gasteiger partial charge in [0.15, 0.2) is 0 Å². The third kappa shape index (κ3) is 7.35. The summed E-state index contributed by atoms with van der Waals surface area (Å²) in [7, 11) is -0.812. The molecule has 0 saturated carbocycles. The van der Waals surface area contributed by atoms with Gasteiger partial charge in [-0.3, -0.25) is 0 Å². The predicted molar refractivity (Wildman–Crippen MR) is 246 cm³/mol. The maximum absolute atomic E-state index is 4.65. The Morgan fingerprint density at radius 3 is 1.64 bits per heavy atom. The third-order valence-corrected chi connectivity index (χ3v) is 14.4. The first-order valence-corrected chi connectivity index (χ1v) is 21.3. The molecule has 0 heterocycles. The van der Waals surface area contributed by atoms with Gasteiger partial charge in [0.05, 0.1) is 0 Å². The minimum absolute atomic E-state index is 0.0360. The summed E-state index contributed by atoms with van der Waals surface area (Å²) in [5.41, 5.74) is 15.5. The summed E-state index contributed by atoms with van der Waals surface area (Å²) in [6, 6.07) is 45.7. The first-order chi connectivity index (χ1) is 26.2. The van der Waals surface area contributed by atoms with Crippen LogP contribution in [0.15, 0.2) is 157 Å². The van der Waals surface area contributed by atoms with Gasteiger partial charge in [0.1, 0.15) is 0 Å². The predicted octanol–water partition coefficient (Wildman–Crippen LogP) is 13.9. The van der Waals surface area contributed by atoms with Crippen molar-refractivity contribution in [3.05, 3.63) is 196 Å². The molecule has 0 N–H and O–H groups in total. The van der Waals surface area contributed by atoms with Gasteiger partial charge < -0.3 is 0 Å². The Hall–Kier alpha value is -4.77. The molecular formula is C54H59P. The average Bonchev–Trinajstić information content (AvgIpc) is 3.59. The highest BCUT2D eigenvalue weighted by molar-refractivity contribution is 7.79. The fourth-order valence-electron chi connectivity index (χ4n) is 8.82. The van der Waals surface area contributed by atoms with Gasteiger partial charge in [-0.05, 0) is 117 Å². The Balaban J connectivity index is 0.00000253. The molecule has 280 valence electrons. The molecule has 55 heavy (non-hydrogen) atoms. The molecule has 2 aliphatic rings. The van der Waals surface area contributed by atoms with Crippen LogP contribution in [0.25, 0.3) is 22.8 Å². The summed E-state index contributed by atoms with van der Waals surface area (Å²) in [6.45, 7) is 29.2. The number of benzene rings is 5. The zero-order chi connectivity index (χ0) is 39.7. The third-order valence-electron chi connectivity index (χ3n) is 12.0. The minimum atomic E-state index is -0.812. The molecule has 0 spiro atoms. The second-order valence-electron chi connectivity index (χ2n) is 16.4. The van der Waals surface area contributed by atoms with Crippen LogP contribution in [-0.2, 0) is 10.8 Å². The minimum Gasteiger partial charge on any atom is -0.0943 e. The fourth-order valence-corrected chi connectivity index (χ4v) is 11.1. The van der Waals surface area contributed by atoms with E-state index in [1.165, 1.54) is 77.2 Å². The molecule has 0 saturated heterocycles. The monoisotopic (exact) mass is 738 g/mol. The van der Waals surface area contributed by atoms with E-state index in [0.717, 1.165) is 5.57 Å². The quantitative estimate of drug-likeness (QED) is 0.132. The summed E-state index contributed by atoms with van der Waals surface area (Å²) < 4.78 is 0. The summed E-state index contributed by atoms with van der Waals surface area (Å²) in [5, 5.41) is 4.04. The van der Waals surface area contributed by atoms with Crippen molar-refractivity contribution in [1.82, 2.24) is 0 Å². The molecular weight excluding hydrogens is 680 g/mol. The molecule has 0 bridgehead atoms. The van der Waals surface area contributed by atoms with Crippen LogP contribution in [0.4, 0.5) is 0 Å². The lowest BCUT2D eigenvalue weighted by atomic mass is 9.74. The SMILES string of the molecule is C=C(c1ccc(P(c2ccc(C3=CC(C)=C(/C=C\C)C3(C)C)cc2)c2ccc(C3=Cc4ccccc4C3(C)C)cc2)cc1)C(C)(C)c1ccccc1C.CC. The Kier molecular flexibility index (Phi) is 11.4. The fraction of sp³-hybridized carbons (Fsp3) is 0.259. The summed E-state index contributed by atoms with van der Waals surface area (Å²) in [5.74, 6) is 0. The van der Waals surface area contributed by atoms with E-state index in [1.54, 1.807) is 0 Å². The molecule has 0 radical (unpaired) electrons. The Bertz CT molecular complexity index is 2310. The van der Waals surface area contributed by atoms with E-state index in [9.17, 15) is 0 Å². The van der Waals surface area contributed by atoms with Gasteiger partial charge in [0.2, 0.25) is 0 Å². The van der Waals surface area contributed by atoms with Crippen LogP contribution in [0.5, 0.6) is 0 Å². The van der Waals surface area contributed by atoms with E-state index in [2.05, 4.69) is 215 Å². The molecule has 0 amide bonds. The highest BCUT2D eigenvalue weighted by Crippen LogP contribution is 2.49. The molecule has 2 aliphatic carbocycles. The topological polar surface area (TPSA) is 0 Å². The molecule has 0 nitrogen and oxygen atoms in total. The number of hydrogen-bond donors (Lipinski definition) is 0. The van der Waals surface area contributed by atoms with Gasteiger partial charge >= 0.3 is 0 Å². The molecule has 0 fully saturated rings. The van der Waals surface area contributed by atoms with Crippen molar-refractivity contribution < 1.29 is 0 Å². The van der Waals surface area contributed by atoms with Crippen LogP contribution in [0.3, 0.4) is 0 Å². The maximum atomic E-state index is 4.65. The van der Waals surface area contributed by atoms with Crippen molar-refractivity contribution in [3.8, 4) is 0 Å². The number of aryl methyl sites for hydroxylation is 1. The number of hydrogen-bond acceptors (Lipinski definition) is 0. The lowest BCUT2D eigenvalue weighted by Crippen LogP contribution is -2.23. The zero-order valence-corrected chi connectivity index (χ0v) is 35.9. The largest absolute Gasteiger partial charge is 0.0943 e. The Labute approximate surface area is 333 Å². The van der Waals surface area contributed by atoms with Crippen LogP contribution >= 0.6 is 7.92 Å². The van der Waals surface area contributed by atoms with E-state index in [4.69, 9.17) is 0 Å². The van der Waals surface area contributed by atoms with Crippen molar-refractivity contribution in [2.75, 3.05) is 0 Å². The second-order valence-corrected chi connectivity index (χ2v) is 18.7. The van der Waals surface area contributed by atoms with Crippen molar-refractivity contribution in [2.45, 2.75) is 87.0 Å². The first kappa shape index (κ1) is 39.9. The van der Waals surface area contributed by atoms with Gasteiger partial charge in [-0.15, -0.1) is 0 Å². The molecule has 1 unspecified atom stereocenters. The zero-order valence-electron chi connectivity index (χ0n) is 35.0. The van der Waals surface area contributed by atoms with Crippen LogP contribution in [0.2, 0.25) is 0 Å². The van der Waals surface area contributed by atoms with Crippen LogP contribution in [0, 0.1) is 12.3 Å². The average molecular weight is 739 g/mol. The number of rotatable bonds is 9. The van der Waals surface area contributed by atoms with Gasteiger partial charge in [-0.1, -0.05) is 202 Å². The summed E-state index contributed by atoms with van der Waals surface area (Å²) >= 11 is 0. The number of allylic oxidation sites excluding steroid dienone is 8. The van der Waals surface area contributed by atoms with E-state index >= 15 is 0 Å². The van der Waals surface area contributed by atoms with E-state index in [1.807, 2.05) is 13.8 Å². The highest BCUT2D eigenvalue weighted by atomic mass is 31.1. The summed E-state index contributed by atoms with van der Waals surface area (Å²) in [4.78, 5) is 0. The van der Waals surface area contributed by atoms with Crippen molar-refractivity contribution in [3.63, 3.8) is 0 Å². The summed E-state index contributed by atoms with van der Waals surface area (Å²) in [6.07, 6.45) is 9.20. The molecule has 1 atom stereocenters. The Morgan fingerprint density at radius 2 is 1.11 bits per heavy atom. The normalized spacial score (nSPS) is 16.3. The Morgan fingerprint density at radius 1 is 0.618 bits per heavy atom. The standard InChI is InChI=1S/C52H53P.C2H6/c1-11-16-45-36(3)33-48(51(45,7)8)39-23-29-43(30-24-39)53(42-27-21-38(22-28-42)37(4)50(5,6)46-19-14-12-17-35(46)2)44-31-25-40(26-32-44)49-34-41-18-13-15-20-47(41)52(49,9)10;1-2/h11-34H,4H2,1-3,5-10H3;1-2H3/b16-11-;. The molecule has 1 heteroatoms. The smallest absolute Gasteiger partial charge is 0.0158 e. The van der Waals surface area contributed by atoms with Crippen LogP contribution < -0.4 is 15.9 Å². The highest BCUT2D eigenvalue weighted by Gasteiger charge is 2.35. The number of fused-ring (bicyclic) bond motifs is 1. The van der Waals surface area contributed by atoms with Crippen LogP contribution in [0.1, 0.15) is 108 Å². The van der Waals surface area contributed by atoms with Crippen molar-refractivity contribution >= 4 is 46.6 Å². The molecule has 5 aromatic carbocycles. The van der Waals surface area contributed by atoms with E-state index in [0.29, 0.717) is 0 Å². The molecule has 7 rings (SSSR count). The maximum Gasteiger partial charge on any atom is 0.0158 e. The first-order valence-electron chi connectivity index (χ1n) is 20.0. The van der Waals surface area contributed by atoms with E-state index < -0.39 is 7.92 Å². The van der Waals surface area contributed by atoms with Gasteiger partial charge in [0, 0.05) is 16.2 Å². The second kappa shape index (κ2) is 15.8. The molecule has 0 aromatic heterocycles.